The van der Waals surface area contributed by atoms with Gasteiger partial charge >= 0.3 is 0 Å². The van der Waals surface area contributed by atoms with E-state index in [-0.39, 0.29) is 12.4 Å². The maximum Gasteiger partial charge on any atom is 0.239 e. The molecule has 2 rings (SSSR count). The molecule has 8 heteroatoms. The summed E-state index contributed by atoms with van der Waals surface area (Å²) in [6, 6.07) is 17.9. The van der Waals surface area contributed by atoms with Crippen molar-refractivity contribution < 1.29 is 18.3 Å². The van der Waals surface area contributed by atoms with Gasteiger partial charge in [-0.2, -0.15) is 11.8 Å². The zero-order valence-electron chi connectivity index (χ0n) is 15.7. The van der Waals surface area contributed by atoms with E-state index in [0.717, 1.165) is 17.4 Å². The molecular formula is C20H26N2O4S2. The molecule has 28 heavy (non-hydrogen) atoms. The van der Waals surface area contributed by atoms with Crippen LogP contribution in [-0.4, -0.2) is 50.1 Å². The van der Waals surface area contributed by atoms with E-state index in [4.69, 9.17) is 0 Å². The summed E-state index contributed by atoms with van der Waals surface area (Å²) in [5.74, 6) is 0.516. The third-order valence-electron chi connectivity index (χ3n) is 3.96. The van der Waals surface area contributed by atoms with Crippen LogP contribution in [0.1, 0.15) is 11.1 Å². The second-order valence-corrected chi connectivity index (χ2v) is 9.33. The number of nitrogens with one attached hydrogen (secondary N) is 2. The maximum atomic E-state index is 12.7. The minimum absolute atomic E-state index is 0.233. The lowest BCUT2D eigenvalue weighted by Gasteiger charge is -2.22. The molecule has 6 nitrogen and oxygen atoms in total. The van der Waals surface area contributed by atoms with Gasteiger partial charge in [0.05, 0.1) is 18.9 Å². The van der Waals surface area contributed by atoms with Crippen LogP contribution in [0.25, 0.3) is 0 Å². The van der Waals surface area contributed by atoms with Crippen LogP contribution in [-0.2, 0) is 27.0 Å². The Morgan fingerprint density at radius 1 is 1.04 bits per heavy atom. The second-order valence-electron chi connectivity index (χ2n) is 6.52. The van der Waals surface area contributed by atoms with E-state index >= 15 is 0 Å². The van der Waals surface area contributed by atoms with Crippen molar-refractivity contribution in [2.45, 2.75) is 24.3 Å². The average Bonchev–Trinajstić information content (AvgIpc) is 2.67. The van der Waals surface area contributed by atoms with Gasteiger partial charge in [-0.05, 0) is 17.5 Å². The number of carbonyl (C=O) groups excluding carboxylic acids is 1. The molecule has 0 radical (unpaired) electrons. The van der Waals surface area contributed by atoms with Gasteiger partial charge in [0, 0.05) is 11.5 Å². The lowest BCUT2D eigenvalue weighted by molar-refractivity contribution is -0.123. The summed E-state index contributed by atoms with van der Waals surface area (Å²) in [4.78, 5) is 12.7. The molecule has 0 bridgehead atoms. The molecule has 0 unspecified atom stereocenters. The predicted octanol–water partition coefficient (Wildman–Crippen LogP) is 1.56. The number of aliphatic hydroxyl groups excluding tert-OH is 1. The lowest BCUT2D eigenvalue weighted by Crippen LogP contribution is -2.52. The third-order valence-corrected chi connectivity index (χ3v) is 5.78. The summed E-state index contributed by atoms with van der Waals surface area (Å²) in [6.45, 7) is -0.233. The van der Waals surface area contributed by atoms with Gasteiger partial charge < -0.3 is 10.4 Å². The van der Waals surface area contributed by atoms with E-state index in [1.54, 1.807) is 0 Å². The Morgan fingerprint density at radius 3 is 2.14 bits per heavy atom. The number of carbonyl (C=O) groups is 1. The Labute approximate surface area is 170 Å². The van der Waals surface area contributed by atoms with Gasteiger partial charge in [0.15, 0.2) is 0 Å². The van der Waals surface area contributed by atoms with Crippen molar-refractivity contribution in [2.75, 3.05) is 18.6 Å². The van der Waals surface area contributed by atoms with Crippen LogP contribution in [0.5, 0.6) is 0 Å². The largest absolute Gasteiger partial charge is 0.394 e. The van der Waals surface area contributed by atoms with Crippen LogP contribution < -0.4 is 10.0 Å². The molecule has 2 atom stereocenters. The fourth-order valence-electron chi connectivity index (χ4n) is 2.65. The Hall–Kier alpha value is -1.87. The molecule has 2 aromatic rings. The van der Waals surface area contributed by atoms with E-state index in [2.05, 4.69) is 10.0 Å². The molecular weight excluding hydrogens is 396 g/mol. The summed E-state index contributed by atoms with van der Waals surface area (Å²) in [7, 11) is -3.55. The second kappa shape index (κ2) is 11.2. The van der Waals surface area contributed by atoms with Gasteiger partial charge in [-0.25, -0.2) is 13.1 Å². The van der Waals surface area contributed by atoms with E-state index in [1.807, 2.05) is 60.7 Å². The smallest absolute Gasteiger partial charge is 0.239 e. The van der Waals surface area contributed by atoms with Crippen molar-refractivity contribution in [3.8, 4) is 0 Å². The molecule has 3 N–H and O–H groups in total. The van der Waals surface area contributed by atoms with Crippen LogP contribution in [0.15, 0.2) is 60.7 Å². The van der Waals surface area contributed by atoms with Crippen molar-refractivity contribution in [3.05, 3.63) is 71.8 Å². The number of benzene rings is 2. The number of rotatable bonds is 11. The van der Waals surface area contributed by atoms with Crippen LogP contribution in [0.3, 0.4) is 0 Å². The highest BCUT2D eigenvalue weighted by Crippen LogP contribution is 2.13. The van der Waals surface area contributed by atoms with Crippen molar-refractivity contribution in [1.82, 2.24) is 10.0 Å². The highest BCUT2D eigenvalue weighted by atomic mass is 32.2. The fraction of sp³-hybridized carbons (Fsp3) is 0.350. The molecule has 0 saturated carbocycles. The number of aliphatic hydroxyl groups is 1. The van der Waals surface area contributed by atoms with Crippen LogP contribution in [0.4, 0.5) is 0 Å². The molecule has 152 valence electrons. The molecule has 0 saturated heterocycles. The van der Waals surface area contributed by atoms with Crippen molar-refractivity contribution in [2.24, 2.45) is 0 Å². The Balaban J connectivity index is 1.96. The molecule has 0 aliphatic rings. The SMILES string of the molecule is CS(=O)(=O)N[C@H](CSCc1ccccc1)C(=O)N[C@H](CO)Cc1ccccc1. The minimum atomic E-state index is -3.55. The first kappa shape index (κ1) is 22.4. The zero-order chi connectivity index (χ0) is 20.4. The number of hydrogen-bond acceptors (Lipinski definition) is 5. The molecule has 0 aliphatic carbocycles. The van der Waals surface area contributed by atoms with Crippen molar-refractivity contribution in [3.63, 3.8) is 0 Å². The monoisotopic (exact) mass is 422 g/mol. The number of amides is 1. The zero-order valence-corrected chi connectivity index (χ0v) is 17.4. The minimum Gasteiger partial charge on any atom is -0.394 e. The van der Waals surface area contributed by atoms with E-state index < -0.39 is 28.0 Å². The van der Waals surface area contributed by atoms with Crippen molar-refractivity contribution >= 4 is 27.7 Å². The van der Waals surface area contributed by atoms with Gasteiger partial charge in [0.1, 0.15) is 6.04 Å². The first-order chi connectivity index (χ1) is 13.4. The summed E-state index contributed by atoms with van der Waals surface area (Å²) >= 11 is 1.47. The summed E-state index contributed by atoms with van der Waals surface area (Å²) < 4.78 is 25.7. The summed E-state index contributed by atoms with van der Waals surface area (Å²) in [5.41, 5.74) is 2.08. The molecule has 2 aromatic carbocycles. The maximum absolute atomic E-state index is 12.7. The number of hydrogen-bond donors (Lipinski definition) is 3. The molecule has 0 aromatic heterocycles. The first-order valence-corrected chi connectivity index (χ1v) is 12.0. The van der Waals surface area contributed by atoms with Crippen LogP contribution in [0.2, 0.25) is 0 Å². The van der Waals surface area contributed by atoms with Gasteiger partial charge in [0.2, 0.25) is 15.9 Å². The fourth-order valence-corrected chi connectivity index (χ4v) is 4.48. The van der Waals surface area contributed by atoms with Gasteiger partial charge in [-0.15, -0.1) is 0 Å². The van der Waals surface area contributed by atoms with E-state index in [0.29, 0.717) is 12.2 Å². The van der Waals surface area contributed by atoms with Crippen molar-refractivity contribution in [1.29, 1.82) is 0 Å². The average molecular weight is 423 g/mol. The highest BCUT2D eigenvalue weighted by molar-refractivity contribution is 7.98. The summed E-state index contributed by atoms with van der Waals surface area (Å²) in [5, 5.41) is 12.4. The Morgan fingerprint density at radius 2 is 1.61 bits per heavy atom. The van der Waals surface area contributed by atoms with Crippen LogP contribution in [0, 0.1) is 0 Å². The van der Waals surface area contributed by atoms with Crippen LogP contribution >= 0.6 is 11.8 Å². The topological polar surface area (TPSA) is 95.5 Å². The quantitative estimate of drug-likeness (QED) is 0.511. The predicted molar refractivity (Wildman–Crippen MR) is 114 cm³/mol. The number of sulfonamides is 1. The molecule has 0 fully saturated rings. The molecule has 0 aliphatic heterocycles. The van der Waals surface area contributed by atoms with Gasteiger partial charge in [0.25, 0.3) is 0 Å². The Kier molecular flexibility index (Phi) is 8.98. The number of thioether (sulfide) groups is 1. The van der Waals surface area contributed by atoms with E-state index in [1.165, 1.54) is 11.8 Å². The molecule has 1 amide bonds. The standard InChI is InChI=1S/C20H26N2O4S2/c1-28(25,26)22-19(15-27-14-17-10-6-3-7-11-17)20(24)21-18(13-23)12-16-8-4-2-5-9-16/h2-11,18-19,22-23H,12-15H2,1H3,(H,21,24)/t18-,19+/m0/s1. The van der Waals surface area contributed by atoms with Gasteiger partial charge in [-0.1, -0.05) is 60.7 Å². The normalized spacial score (nSPS) is 13.6. The first-order valence-electron chi connectivity index (χ1n) is 8.91. The summed E-state index contributed by atoms with van der Waals surface area (Å²) in [6.07, 6.45) is 1.49. The third kappa shape index (κ3) is 8.43. The Bertz CT molecular complexity index is 830. The molecule has 0 heterocycles. The molecule has 0 spiro atoms. The lowest BCUT2D eigenvalue weighted by atomic mass is 10.1. The highest BCUT2D eigenvalue weighted by Gasteiger charge is 2.24. The van der Waals surface area contributed by atoms with E-state index in [9.17, 15) is 18.3 Å². The van der Waals surface area contributed by atoms with Gasteiger partial charge in [-0.3, -0.25) is 4.79 Å².